The van der Waals surface area contributed by atoms with Crippen molar-refractivity contribution in [3.05, 3.63) is 59.0 Å². The Morgan fingerprint density at radius 1 is 1.16 bits per heavy atom. The van der Waals surface area contributed by atoms with Crippen molar-refractivity contribution in [2.45, 2.75) is 40.3 Å². The first-order chi connectivity index (χ1) is 12.0. The molecule has 2 atom stereocenters. The molecule has 2 unspecified atom stereocenters. The van der Waals surface area contributed by atoms with Crippen molar-refractivity contribution in [2.24, 2.45) is 11.8 Å². The van der Waals surface area contributed by atoms with Gasteiger partial charge in [0.05, 0.1) is 6.26 Å². The molecule has 4 heteroatoms. The zero-order chi connectivity index (χ0) is 17.8. The van der Waals surface area contributed by atoms with Crippen molar-refractivity contribution in [1.29, 1.82) is 0 Å². The predicted octanol–water partition coefficient (Wildman–Crippen LogP) is 4.00. The molecule has 1 aromatic carbocycles. The van der Waals surface area contributed by atoms with E-state index < -0.39 is 0 Å². The largest absolute Gasteiger partial charge is 0.459 e. The third kappa shape index (κ3) is 4.51. The number of aryl methyl sites for hydroxylation is 1. The van der Waals surface area contributed by atoms with Crippen molar-refractivity contribution in [1.82, 2.24) is 10.2 Å². The zero-order valence-electron chi connectivity index (χ0n) is 15.4. The van der Waals surface area contributed by atoms with Crippen molar-refractivity contribution < 1.29 is 9.21 Å². The van der Waals surface area contributed by atoms with Gasteiger partial charge < -0.3 is 9.73 Å². The molecule has 25 heavy (non-hydrogen) atoms. The first kappa shape index (κ1) is 17.7. The lowest BCUT2D eigenvalue weighted by Crippen LogP contribution is -2.38. The van der Waals surface area contributed by atoms with Gasteiger partial charge in [-0.1, -0.05) is 38.1 Å². The smallest absolute Gasteiger partial charge is 0.287 e. The maximum atomic E-state index is 12.3. The van der Waals surface area contributed by atoms with Gasteiger partial charge in [-0.2, -0.15) is 0 Å². The molecule has 2 aromatic rings. The molecule has 4 nitrogen and oxygen atoms in total. The van der Waals surface area contributed by atoms with Crippen LogP contribution in [0.5, 0.6) is 0 Å². The number of hydrogen-bond donors (Lipinski definition) is 1. The van der Waals surface area contributed by atoms with E-state index in [0.29, 0.717) is 12.3 Å². The molecule has 1 aromatic heterocycles. The highest BCUT2D eigenvalue weighted by Gasteiger charge is 2.22. The van der Waals surface area contributed by atoms with Crippen LogP contribution in [0, 0.1) is 18.8 Å². The first-order valence-corrected chi connectivity index (χ1v) is 9.14. The lowest BCUT2D eigenvalue weighted by Gasteiger charge is -2.35. The molecule has 0 saturated carbocycles. The number of nitrogens with zero attached hydrogens (tertiary/aromatic N) is 1. The monoisotopic (exact) mass is 340 g/mol. The van der Waals surface area contributed by atoms with Crippen LogP contribution < -0.4 is 5.32 Å². The van der Waals surface area contributed by atoms with Crippen LogP contribution in [-0.4, -0.2) is 23.9 Å². The molecule has 0 aliphatic carbocycles. The highest BCUT2D eigenvalue weighted by atomic mass is 16.3. The highest BCUT2D eigenvalue weighted by Crippen LogP contribution is 2.23. The number of nitrogens with one attached hydrogen (secondary N) is 1. The maximum absolute atomic E-state index is 12.3. The fraction of sp³-hybridized carbons (Fsp3) is 0.476. The number of likely N-dealkylation sites (tertiary alicyclic amines) is 1. The maximum Gasteiger partial charge on any atom is 0.287 e. The van der Waals surface area contributed by atoms with Crippen LogP contribution in [0.3, 0.4) is 0 Å². The van der Waals surface area contributed by atoms with Crippen LogP contribution in [0.15, 0.2) is 41.0 Å². The van der Waals surface area contributed by atoms with E-state index in [1.165, 1.54) is 17.5 Å². The van der Waals surface area contributed by atoms with Gasteiger partial charge in [-0.05, 0) is 42.4 Å². The van der Waals surface area contributed by atoms with E-state index in [9.17, 15) is 4.79 Å². The van der Waals surface area contributed by atoms with Crippen LogP contribution in [0.2, 0.25) is 0 Å². The number of piperidine rings is 1. The quantitative estimate of drug-likeness (QED) is 0.895. The predicted molar refractivity (Wildman–Crippen MR) is 99.3 cm³/mol. The molecule has 2 heterocycles. The summed E-state index contributed by atoms with van der Waals surface area (Å²) in [5, 5.41) is 2.99. The van der Waals surface area contributed by atoms with Crippen molar-refractivity contribution in [3.63, 3.8) is 0 Å². The van der Waals surface area contributed by atoms with Crippen molar-refractivity contribution >= 4 is 5.91 Å². The lowest BCUT2D eigenvalue weighted by atomic mass is 9.91. The van der Waals surface area contributed by atoms with E-state index in [2.05, 4.69) is 42.3 Å². The minimum Gasteiger partial charge on any atom is -0.459 e. The Labute approximate surface area is 150 Å². The van der Waals surface area contributed by atoms with Gasteiger partial charge >= 0.3 is 0 Å². The second-order valence-corrected chi connectivity index (χ2v) is 7.52. The number of rotatable bonds is 5. The third-order valence-corrected chi connectivity index (χ3v) is 4.96. The average Bonchev–Trinajstić information content (AvgIpc) is 2.99. The summed E-state index contributed by atoms with van der Waals surface area (Å²) in [5.41, 5.74) is 3.33. The molecule has 0 bridgehead atoms. The minimum atomic E-state index is -0.155. The lowest BCUT2D eigenvalue weighted by molar-refractivity contribution is 0.0922. The summed E-state index contributed by atoms with van der Waals surface area (Å²) in [6, 6.07) is 10.2. The Morgan fingerprint density at radius 3 is 2.48 bits per heavy atom. The summed E-state index contributed by atoms with van der Waals surface area (Å²) in [6.07, 6.45) is 2.87. The second-order valence-electron chi connectivity index (χ2n) is 7.52. The van der Waals surface area contributed by atoms with Gasteiger partial charge in [0, 0.05) is 31.7 Å². The van der Waals surface area contributed by atoms with Crippen LogP contribution in [0.1, 0.15) is 47.5 Å². The van der Waals surface area contributed by atoms with Crippen LogP contribution in [-0.2, 0) is 13.1 Å². The minimum absolute atomic E-state index is 0.155. The first-order valence-electron chi connectivity index (χ1n) is 9.14. The molecule has 1 N–H and O–H groups in total. The molecule has 0 radical (unpaired) electrons. The fourth-order valence-electron chi connectivity index (χ4n) is 3.91. The van der Waals surface area contributed by atoms with Crippen LogP contribution in [0.25, 0.3) is 0 Å². The van der Waals surface area contributed by atoms with Crippen LogP contribution in [0.4, 0.5) is 0 Å². The Bertz CT molecular complexity index is 712. The standard InChI is InChI=1S/C21H28N2O2/c1-15-10-16(2)13-23(12-15)14-19-7-5-4-6-18(19)11-22-21(24)20-17(3)8-9-25-20/h4-9,15-16H,10-14H2,1-3H3,(H,22,24). The van der Waals surface area contributed by atoms with Crippen molar-refractivity contribution in [3.8, 4) is 0 Å². The topological polar surface area (TPSA) is 45.5 Å². The number of carbonyl (C=O) groups excluding carboxylic acids is 1. The summed E-state index contributed by atoms with van der Waals surface area (Å²) >= 11 is 0. The van der Waals surface area contributed by atoms with Gasteiger partial charge in [0.15, 0.2) is 5.76 Å². The van der Waals surface area contributed by atoms with E-state index >= 15 is 0 Å². The molecule has 1 fully saturated rings. The Hall–Kier alpha value is -2.07. The average molecular weight is 340 g/mol. The van der Waals surface area contributed by atoms with Gasteiger partial charge in [0.2, 0.25) is 0 Å². The van der Waals surface area contributed by atoms with E-state index in [4.69, 9.17) is 4.42 Å². The fourth-order valence-corrected chi connectivity index (χ4v) is 3.91. The molecule has 3 rings (SSSR count). The molecule has 134 valence electrons. The van der Waals surface area contributed by atoms with Gasteiger partial charge in [-0.15, -0.1) is 0 Å². The summed E-state index contributed by atoms with van der Waals surface area (Å²) in [4.78, 5) is 14.8. The highest BCUT2D eigenvalue weighted by molar-refractivity contribution is 5.92. The summed E-state index contributed by atoms with van der Waals surface area (Å²) in [7, 11) is 0. The number of amides is 1. The SMILES string of the molecule is Cc1ccoc1C(=O)NCc1ccccc1CN1CC(C)CC(C)C1. The molecular weight excluding hydrogens is 312 g/mol. The summed E-state index contributed by atoms with van der Waals surface area (Å²) < 4.78 is 5.27. The summed E-state index contributed by atoms with van der Waals surface area (Å²) in [5.74, 6) is 1.74. The Morgan fingerprint density at radius 2 is 1.84 bits per heavy atom. The molecule has 1 saturated heterocycles. The van der Waals surface area contributed by atoms with Gasteiger partial charge in [-0.3, -0.25) is 9.69 Å². The van der Waals surface area contributed by atoms with Gasteiger partial charge in [-0.25, -0.2) is 0 Å². The summed E-state index contributed by atoms with van der Waals surface area (Å²) in [6.45, 7) is 10.3. The Kier molecular flexibility index (Phi) is 5.59. The molecule has 1 aliphatic rings. The van der Waals surface area contributed by atoms with E-state index in [1.807, 2.05) is 19.1 Å². The van der Waals surface area contributed by atoms with Gasteiger partial charge in [0.25, 0.3) is 5.91 Å². The third-order valence-electron chi connectivity index (χ3n) is 4.96. The van der Waals surface area contributed by atoms with Crippen LogP contribution >= 0.6 is 0 Å². The molecule has 1 amide bonds. The number of hydrogen-bond acceptors (Lipinski definition) is 3. The zero-order valence-corrected chi connectivity index (χ0v) is 15.4. The second kappa shape index (κ2) is 7.87. The Balaban J connectivity index is 1.65. The van der Waals surface area contributed by atoms with E-state index in [0.717, 1.165) is 37.0 Å². The molecule has 0 spiro atoms. The molecule has 1 aliphatic heterocycles. The number of benzene rings is 1. The number of carbonyl (C=O) groups is 1. The molecular formula is C21H28N2O2. The van der Waals surface area contributed by atoms with Gasteiger partial charge in [0.1, 0.15) is 0 Å². The van der Waals surface area contributed by atoms with Crippen molar-refractivity contribution in [2.75, 3.05) is 13.1 Å². The van der Waals surface area contributed by atoms with E-state index in [1.54, 1.807) is 6.26 Å². The van der Waals surface area contributed by atoms with E-state index in [-0.39, 0.29) is 5.91 Å². The normalized spacial score (nSPS) is 21.2. The number of furan rings is 1.